The van der Waals surface area contributed by atoms with E-state index in [1.807, 2.05) is 0 Å². The van der Waals surface area contributed by atoms with Gasteiger partial charge in [0, 0.05) is 6.54 Å². The Morgan fingerprint density at radius 2 is 2.38 bits per heavy atom. The average Bonchev–Trinajstić information content (AvgIpc) is 2.52. The minimum absolute atomic E-state index is 0.208. The highest BCUT2D eigenvalue weighted by Crippen LogP contribution is 2.19. The topological polar surface area (TPSA) is 27.0 Å². The predicted octanol–water partition coefficient (Wildman–Crippen LogP) is 2.41. The van der Waals surface area contributed by atoms with E-state index in [0.717, 1.165) is 25.4 Å². The third-order valence-corrected chi connectivity index (χ3v) is 2.84. The molecule has 1 rings (SSSR count). The van der Waals surface area contributed by atoms with Gasteiger partial charge in [-0.2, -0.15) is 5.26 Å². The summed E-state index contributed by atoms with van der Waals surface area (Å²) in [6, 6.07) is 2.60. The molecular formula is C11H20N2. The van der Waals surface area contributed by atoms with E-state index >= 15 is 0 Å². The van der Waals surface area contributed by atoms with Crippen LogP contribution in [0.4, 0.5) is 0 Å². The van der Waals surface area contributed by atoms with Crippen molar-refractivity contribution in [3.05, 3.63) is 0 Å². The zero-order valence-electron chi connectivity index (χ0n) is 8.79. The number of hydrogen-bond acceptors (Lipinski definition) is 2. The fourth-order valence-corrected chi connectivity index (χ4v) is 2.18. The van der Waals surface area contributed by atoms with Crippen LogP contribution in [0.15, 0.2) is 0 Å². The van der Waals surface area contributed by atoms with Crippen LogP contribution in [0.2, 0.25) is 0 Å². The van der Waals surface area contributed by atoms with E-state index in [0.29, 0.717) is 0 Å². The smallest absolute Gasteiger partial charge is 0.0978 e. The van der Waals surface area contributed by atoms with E-state index in [-0.39, 0.29) is 6.04 Å². The summed E-state index contributed by atoms with van der Waals surface area (Å²) >= 11 is 0. The van der Waals surface area contributed by atoms with Gasteiger partial charge in [0.25, 0.3) is 0 Å². The molecule has 1 aliphatic heterocycles. The van der Waals surface area contributed by atoms with Crippen LogP contribution < -0.4 is 0 Å². The van der Waals surface area contributed by atoms with Crippen LogP contribution in [0.25, 0.3) is 0 Å². The van der Waals surface area contributed by atoms with Crippen molar-refractivity contribution in [2.75, 3.05) is 13.1 Å². The predicted molar refractivity (Wildman–Crippen MR) is 54.3 cm³/mol. The number of rotatable bonds is 4. The highest BCUT2D eigenvalue weighted by Gasteiger charge is 2.24. The Labute approximate surface area is 81.5 Å². The SMILES string of the molecule is CCCC(C)CN1CCCC1C#N. The number of nitrogens with zero attached hydrogens (tertiary/aromatic N) is 2. The van der Waals surface area contributed by atoms with E-state index in [1.54, 1.807) is 0 Å². The molecule has 0 radical (unpaired) electrons. The Kier molecular flexibility index (Phi) is 4.24. The van der Waals surface area contributed by atoms with Gasteiger partial charge < -0.3 is 0 Å². The molecule has 74 valence electrons. The molecule has 0 aromatic rings. The Bertz CT molecular complexity index is 183. The molecule has 0 aromatic heterocycles. The molecule has 0 spiro atoms. The largest absolute Gasteiger partial charge is 0.288 e. The summed E-state index contributed by atoms with van der Waals surface area (Å²) in [5, 5.41) is 8.89. The first-order valence-electron chi connectivity index (χ1n) is 5.41. The van der Waals surface area contributed by atoms with Gasteiger partial charge in [-0.25, -0.2) is 0 Å². The van der Waals surface area contributed by atoms with Crippen molar-refractivity contribution >= 4 is 0 Å². The number of hydrogen-bond donors (Lipinski definition) is 0. The van der Waals surface area contributed by atoms with Crippen LogP contribution in [0.3, 0.4) is 0 Å². The van der Waals surface area contributed by atoms with Gasteiger partial charge in [-0.15, -0.1) is 0 Å². The molecule has 1 fully saturated rings. The van der Waals surface area contributed by atoms with Crippen LogP contribution in [0.5, 0.6) is 0 Å². The third kappa shape index (κ3) is 3.00. The van der Waals surface area contributed by atoms with Gasteiger partial charge in [-0.3, -0.25) is 4.90 Å². The lowest BCUT2D eigenvalue weighted by Gasteiger charge is -2.22. The molecule has 1 saturated heterocycles. The molecular weight excluding hydrogens is 160 g/mol. The van der Waals surface area contributed by atoms with Gasteiger partial charge in [-0.1, -0.05) is 20.3 Å². The van der Waals surface area contributed by atoms with Crippen molar-refractivity contribution < 1.29 is 0 Å². The zero-order chi connectivity index (χ0) is 9.68. The Balaban J connectivity index is 2.31. The van der Waals surface area contributed by atoms with Crippen LogP contribution >= 0.6 is 0 Å². The maximum absolute atomic E-state index is 8.89. The molecule has 0 aromatic carbocycles. The van der Waals surface area contributed by atoms with Crippen molar-refractivity contribution in [2.45, 2.75) is 45.6 Å². The minimum Gasteiger partial charge on any atom is -0.288 e. The lowest BCUT2D eigenvalue weighted by atomic mass is 10.1. The lowest BCUT2D eigenvalue weighted by molar-refractivity contribution is 0.246. The van der Waals surface area contributed by atoms with Crippen molar-refractivity contribution in [3.63, 3.8) is 0 Å². The van der Waals surface area contributed by atoms with Crippen LogP contribution in [0, 0.1) is 17.2 Å². The van der Waals surface area contributed by atoms with Crippen molar-refractivity contribution in [2.24, 2.45) is 5.92 Å². The number of nitriles is 1. The first-order chi connectivity index (χ1) is 6.27. The zero-order valence-corrected chi connectivity index (χ0v) is 8.79. The van der Waals surface area contributed by atoms with Gasteiger partial charge in [-0.05, 0) is 31.7 Å². The first-order valence-corrected chi connectivity index (χ1v) is 5.41. The Morgan fingerprint density at radius 3 is 3.00 bits per heavy atom. The normalized spacial score (nSPS) is 25.8. The quantitative estimate of drug-likeness (QED) is 0.664. The Morgan fingerprint density at radius 1 is 1.62 bits per heavy atom. The molecule has 0 aliphatic carbocycles. The van der Waals surface area contributed by atoms with Crippen molar-refractivity contribution in [1.29, 1.82) is 5.26 Å². The summed E-state index contributed by atoms with van der Waals surface area (Å²) in [5.41, 5.74) is 0. The van der Waals surface area contributed by atoms with Gasteiger partial charge >= 0.3 is 0 Å². The second-order valence-corrected chi connectivity index (χ2v) is 4.18. The molecule has 0 N–H and O–H groups in total. The van der Waals surface area contributed by atoms with E-state index in [4.69, 9.17) is 5.26 Å². The van der Waals surface area contributed by atoms with Crippen LogP contribution in [0.1, 0.15) is 39.5 Å². The van der Waals surface area contributed by atoms with Gasteiger partial charge in [0.1, 0.15) is 0 Å². The summed E-state index contributed by atoms with van der Waals surface area (Å²) in [4.78, 5) is 2.35. The second kappa shape index (κ2) is 5.24. The maximum atomic E-state index is 8.89. The summed E-state index contributed by atoms with van der Waals surface area (Å²) < 4.78 is 0. The van der Waals surface area contributed by atoms with Gasteiger partial charge in [0.05, 0.1) is 12.1 Å². The van der Waals surface area contributed by atoms with E-state index in [9.17, 15) is 0 Å². The van der Waals surface area contributed by atoms with Crippen LogP contribution in [-0.2, 0) is 0 Å². The van der Waals surface area contributed by atoms with Crippen LogP contribution in [-0.4, -0.2) is 24.0 Å². The monoisotopic (exact) mass is 180 g/mol. The van der Waals surface area contributed by atoms with Crippen molar-refractivity contribution in [3.8, 4) is 6.07 Å². The first kappa shape index (κ1) is 10.5. The molecule has 0 amide bonds. The molecule has 13 heavy (non-hydrogen) atoms. The summed E-state index contributed by atoms with van der Waals surface area (Å²) in [7, 11) is 0. The maximum Gasteiger partial charge on any atom is 0.0978 e. The standard InChI is InChI=1S/C11H20N2/c1-3-5-10(2)9-13-7-4-6-11(13)8-12/h10-11H,3-7,9H2,1-2H3. The fraction of sp³-hybridized carbons (Fsp3) is 0.909. The summed E-state index contributed by atoms with van der Waals surface area (Å²) in [6.45, 7) is 6.76. The molecule has 2 atom stereocenters. The lowest BCUT2D eigenvalue weighted by Crippen LogP contribution is -2.32. The average molecular weight is 180 g/mol. The summed E-state index contributed by atoms with van der Waals surface area (Å²) in [6.07, 6.45) is 4.83. The number of likely N-dealkylation sites (tertiary alicyclic amines) is 1. The fourth-order valence-electron chi connectivity index (χ4n) is 2.18. The molecule has 2 nitrogen and oxygen atoms in total. The third-order valence-electron chi connectivity index (χ3n) is 2.84. The van der Waals surface area contributed by atoms with E-state index < -0.39 is 0 Å². The molecule has 1 aliphatic rings. The molecule has 0 bridgehead atoms. The molecule has 2 unspecified atom stereocenters. The minimum atomic E-state index is 0.208. The van der Waals surface area contributed by atoms with E-state index in [2.05, 4.69) is 24.8 Å². The van der Waals surface area contributed by atoms with Gasteiger partial charge in [0.15, 0.2) is 0 Å². The molecule has 2 heteroatoms. The molecule has 0 saturated carbocycles. The van der Waals surface area contributed by atoms with Crippen molar-refractivity contribution in [1.82, 2.24) is 4.90 Å². The molecule has 1 heterocycles. The van der Waals surface area contributed by atoms with E-state index in [1.165, 1.54) is 19.3 Å². The summed E-state index contributed by atoms with van der Waals surface area (Å²) in [5.74, 6) is 0.749. The highest BCUT2D eigenvalue weighted by atomic mass is 15.2. The Hall–Kier alpha value is -0.550. The van der Waals surface area contributed by atoms with Gasteiger partial charge in [0.2, 0.25) is 0 Å². The second-order valence-electron chi connectivity index (χ2n) is 4.18. The highest BCUT2D eigenvalue weighted by molar-refractivity contribution is 4.95.